The van der Waals surface area contributed by atoms with Gasteiger partial charge in [0.2, 0.25) is 0 Å². The molecule has 0 amide bonds. The molecule has 2 aromatic rings. The van der Waals surface area contributed by atoms with Crippen molar-refractivity contribution in [3.05, 3.63) is 35.8 Å². The molecule has 0 aliphatic carbocycles. The molecule has 2 nitrogen and oxygen atoms in total. The number of hydrogen-bond donors (Lipinski definition) is 1. The second-order valence-electron chi connectivity index (χ2n) is 5.00. The topological polar surface area (TPSA) is 25.2 Å². The minimum Gasteiger partial charge on any atom is -0.464 e. The van der Waals surface area contributed by atoms with E-state index in [0.717, 1.165) is 16.5 Å². The van der Waals surface area contributed by atoms with E-state index < -0.39 is 0 Å². The van der Waals surface area contributed by atoms with Gasteiger partial charge in [-0.3, -0.25) is 0 Å². The standard InChI is InChI=1S/C13H16FNO/c1-13(2,3)15-7-9-8-16-12-5-4-10(14)6-11(9)12/h4-6,8,15H,7H2,1-3H3. The fourth-order valence-electron chi connectivity index (χ4n) is 1.55. The van der Waals surface area contributed by atoms with E-state index in [1.54, 1.807) is 12.3 Å². The van der Waals surface area contributed by atoms with Crippen LogP contribution in [0, 0.1) is 5.82 Å². The number of nitrogens with one attached hydrogen (secondary N) is 1. The van der Waals surface area contributed by atoms with Crippen LogP contribution >= 0.6 is 0 Å². The lowest BCUT2D eigenvalue weighted by Gasteiger charge is -2.19. The minimum atomic E-state index is -0.231. The molecule has 16 heavy (non-hydrogen) atoms. The van der Waals surface area contributed by atoms with Gasteiger partial charge in [0.1, 0.15) is 11.4 Å². The first kappa shape index (κ1) is 11.1. The van der Waals surface area contributed by atoms with E-state index in [9.17, 15) is 4.39 Å². The molecule has 0 aliphatic heterocycles. The second-order valence-corrected chi connectivity index (χ2v) is 5.00. The maximum absolute atomic E-state index is 13.1. The number of rotatable bonds is 2. The molecular weight excluding hydrogens is 205 g/mol. The highest BCUT2D eigenvalue weighted by molar-refractivity contribution is 5.80. The zero-order chi connectivity index (χ0) is 11.8. The highest BCUT2D eigenvalue weighted by Gasteiger charge is 2.11. The van der Waals surface area contributed by atoms with E-state index in [0.29, 0.717) is 6.54 Å². The van der Waals surface area contributed by atoms with Crippen LogP contribution in [0.3, 0.4) is 0 Å². The van der Waals surface area contributed by atoms with Crippen molar-refractivity contribution in [3.8, 4) is 0 Å². The summed E-state index contributed by atoms with van der Waals surface area (Å²) in [6, 6.07) is 4.58. The molecule has 0 radical (unpaired) electrons. The van der Waals surface area contributed by atoms with E-state index in [4.69, 9.17) is 4.42 Å². The Morgan fingerprint density at radius 2 is 2.06 bits per heavy atom. The second kappa shape index (κ2) is 3.91. The van der Waals surface area contributed by atoms with Crippen LogP contribution in [0.2, 0.25) is 0 Å². The predicted molar refractivity (Wildman–Crippen MR) is 62.8 cm³/mol. The van der Waals surface area contributed by atoms with Crippen molar-refractivity contribution in [3.63, 3.8) is 0 Å². The highest BCUT2D eigenvalue weighted by atomic mass is 19.1. The lowest BCUT2D eigenvalue weighted by molar-refractivity contribution is 0.423. The molecule has 0 saturated heterocycles. The van der Waals surface area contributed by atoms with Crippen molar-refractivity contribution in [1.29, 1.82) is 0 Å². The monoisotopic (exact) mass is 221 g/mol. The van der Waals surface area contributed by atoms with Crippen molar-refractivity contribution < 1.29 is 8.81 Å². The molecule has 2 rings (SSSR count). The molecule has 0 atom stereocenters. The van der Waals surface area contributed by atoms with Crippen LogP contribution < -0.4 is 5.32 Å². The van der Waals surface area contributed by atoms with Crippen LogP contribution in [-0.4, -0.2) is 5.54 Å². The Kier molecular flexibility index (Phi) is 2.72. The number of hydrogen-bond acceptors (Lipinski definition) is 2. The Balaban J connectivity index is 2.28. The van der Waals surface area contributed by atoms with Crippen molar-refractivity contribution in [2.24, 2.45) is 0 Å². The van der Waals surface area contributed by atoms with Gasteiger partial charge in [-0.1, -0.05) is 0 Å². The molecule has 0 fully saturated rings. The molecule has 3 heteroatoms. The van der Waals surface area contributed by atoms with E-state index in [-0.39, 0.29) is 11.4 Å². The van der Waals surface area contributed by atoms with E-state index in [2.05, 4.69) is 26.1 Å². The van der Waals surface area contributed by atoms with Crippen LogP contribution in [0.1, 0.15) is 26.3 Å². The maximum atomic E-state index is 13.1. The summed E-state index contributed by atoms with van der Waals surface area (Å²) in [6.07, 6.45) is 1.68. The van der Waals surface area contributed by atoms with Gasteiger partial charge in [0, 0.05) is 23.0 Å². The summed E-state index contributed by atoms with van der Waals surface area (Å²) in [7, 11) is 0. The van der Waals surface area contributed by atoms with Crippen molar-refractivity contribution >= 4 is 11.0 Å². The summed E-state index contributed by atoms with van der Waals surface area (Å²) >= 11 is 0. The Hall–Kier alpha value is -1.35. The normalized spacial score (nSPS) is 12.2. The van der Waals surface area contributed by atoms with E-state index in [1.807, 2.05) is 0 Å². The van der Waals surface area contributed by atoms with Crippen molar-refractivity contribution in [2.75, 3.05) is 0 Å². The molecule has 0 spiro atoms. The van der Waals surface area contributed by atoms with Crippen LogP contribution in [0.5, 0.6) is 0 Å². The van der Waals surface area contributed by atoms with Crippen molar-refractivity contribution in [1.82, 2.24) is 5.32 Å². The van der Waals surface area contributed by atoms with Gasteiger partial charge in [0.15, 0.2) is 0 Å². The Labute approximate surface area is 94.4 Å². The fourth-order valence-corrected chi connectivity index (χ4v) is 1.55. The average molecular weight is 221 g/mol. The van der Waals surface area contributed by atoms with Crippen LogP contribution in [0.25, 0.3) is 11.0 Å². The van der Waals surface area contributed by atoms with Gasteiger partial charge in [-0.2, -0.15) is 0 Å². The van der Waals surface area contributed by atoms with E-state index >= 15 is 0 Å². The number of benzene rings is 1. The van der Waals surface area contributed by atoms with Crippen molar-refractivity contribution in [2.45, 2.75) is 32.9 Å². The van der Waals surface area contributed by atoms with E-state index in [1.165, 1.54) is 12.1 Å². The van der Waals surface area contributed by atoms with Crippen LogP contribution in [-0.2, 0) is 6.54 Å². The number of furan rings is 1. The minimum absolute atomic E-state index is 0.0386. The third-order valence-electron chi connectivity index (χ3n) is 2.42. The predicted octanol–water partition coefficient (Wildman–Crippen LogP) is 3.46. The summed E-state index contributed by atoms with van der Waals surface area (Å²) in [5.41, 5.74) is 1.76. The lowest BCUT2D eigenvalue weighted by Crippen LogP contribution is -2.34. The maximum Gasteiger partial charge on any atom is 0.134 e. The van der Waals surface area contributed by atoms with Gasteiger partial charge >= 0.3 is 0 Å². The summed E-state index contributed by atoms with van der Waals surface area (Å²) in [5.74, 6) is -0.231. The molecule has 1 aromatic carbocycles. The Bertz CT molecular complexity index is 496. The van der Waals surface area contributed by atoms with Gasteiger partial charge in [0.25, 0.3) is 0 Å². The van der Waals surface area contributed by atoms with Crippen LogP contribution in [0.15, 0.2) is 28.9 Å². The molecule has 1 aromatic heterocycles. The summed E-state index contributed by atoms with van der Waals surface area (Å²) < 4.78 is 18.5. The van der Waals surface area contributed by atoms with Gasteiger partial charge in [-0.25, -0.2) is 4.39 Å². The van der Waals surface area contributed by atoms with Gasteiger partial charge < -0.3 is 9.73 Å². The zero-order valence-corrected chi connectivity index (χ0v) is 9.80. The number of halogens is 1. The first-order valence-electron chi connectivity index (χ1n) is 5.36. The molecule has 1 heterocycles. The Morgan fingerprint density at radius 1 is 1.31 bits per heavy atom. The third-order valence-corrected chi connectivity index (χ3v) is 2.42. The quantitative estimate of drug-likeness (QED) is 0.840. The molecule has 0 saturated carbocycles. The number of fused-ring (bicyclic) bond motifs is 1. The van der Waals surface area contributed by atoms with Gasteiger partial charge in [-0.15, -0.1) is 0 Å². The summed E-state index contributed by atoms with van der Waals surface area (Å²) in [6.45, 7) is 6.96. The largest absolute Gasteiger partial charge is 0.464 e. The molecule has 0 aliphatic rings. The van der Waals surface area contributed by atoms with Gasteiger partial charge in [0.05, 0.1) is 6.26 Å². The molecular formula is C13H16FNO. The summed E-state index contributed by atoms with van der Waals surface area (Å²) in [4.78, 5) is 0. The summed E-state index contributed by atoms with van der Waals surface area (Å²) in [5, 5.41) is 4.20. The third kappa shape index (κ3) is 2.42. The zero-order valence-electron chi connectivity index (χ0n) is 9.80. The lowest BCUT2D eigenvalue weighted by atomic mass is 10.1. The Morgan fingerprint density at radius 3 is 2.75 bits per heavy atom. The van der Waals surface area contributed by atoms with Crippen LogP contribution in [0.4, 0.5) is 4.39 Å². The van der Waals surface area contributed by atoms with Gasteiger partial charge in [-0.05, 0) is 39.0 Å². The molecule has 1 N–H and O–H groups in total. The average Bonchev–Trinajstić information content (AvgIpc) is 2.56. The SMILES string of the molecule is CC(C)(C)NCc1coc2ccc(F)cc12. The molecule has 0 unspecified atom stereocenters. The smallest absolute Gasteiger partial charge is 0.134 e. The fraction of sp³-hybridized carbons (Fsp3) is 0.385. The first-order valence-corrected chi connectivity index (χ1v) is 5.36. The molecule has 0 bridgehead atoms. The first-order chi connectivity index (χ1) is 7.46. The molecule has 86 valence electrons. The highest BCUT2D eigenvalue weighted by Crippen LogP contribution is 2.22.